The third-order valence-corrected chi connectivity index (χ3v) is 3.48. The summed E-state index contributed by atoms with van der Waals surface area (Å²) in [5.41, 5.74) is 1.01. The van der Waals surface area contributed by atoms with Crippen LogP contribution < -0.4 is 4.74 Å². The summed E-state index contributed by atoms with van der Waals surface area (Å²) in [6.45, 7) is 2.63. The number of carboxylic acid groups (broad SMARTS) is 1. The van der Waals surface area contributed by atoms with Crippen LogP contribution in [0.1, 0.15) is 28.8 Å². The molecule has 0 radical (unpaired) electrons. The van der Waals surface area contributed by atoms with E-state index in [1.807, 2.05) is 0 Å². The van der Waals surface area contributed by atoms with Gasteiger partial charge in [-0.1, -0.05) is 0 Å². The molecule has 0 amide bonds. The van der Waals surface area contributed by atoms with Gasteiger partial charge in [-0.05, 0) is 37.0 Å². The van der Waals surface area contributed by atoms with E-state index in [1.54, 1.807) is 19.2 Å². The van der Waals surface area contributed by atoms with Gasteiger partial charge in [-0.2, -0.15) is 0 Å². The number of rotatable bonds is 6. The summed E-state index contributed by atoms with van der Waals surface area (Å²) in [7, 11) is 1.57. The lowest BCUT2D eigenvalue weighted by Gasteiger charge is -2.22. The van der Waals surface area contributed by atoms with Gasteiger partial charge in [-0.3, -0.25) is 0 Å². The monoisotopic (exact) mass is 280 g/mol. The fourth-order valence-corrected chi connectivity index (χ4v) is 2.27. The lowest BCUT2D eigenvalue weighted by molar-refractivity contribution is 0.0153. The van der Waals surface area contributed by atoms with Gasteiger partial charge in [0.05, 0.1) is 25.9 Å². The van der Waals surface area contributed by atoms with Crippen LogP contribution in [0.3, 0.4) is 0 Å². The molecule has 1 saturated heterocycles. The Morgan fingerprint density at radius 3 is 2.80 bits per heavy atom. The number of carbonyl (C=O) groups is 1. The Balaban J connectivity index is 1.93. The van der Waals surface area contributed by atoms with Crippen LogP contribution in [0.25, 0.3) is 0 Å². The largest absolute Gasteiger partial charge is 0.496 e. The minimum absolute atomic E-state index is 0.246. The van der Waals surface area contributed by atoms with E-state index in [9.17, 15) is 4.79 Å². The van der Waals surface area contributed by atoms with Gasteiger partial charge in [0.2, 0.25) is 0 Å². The van der Waals surface area contributed by atoms with E-state index in [2.05, 4.69) is 0 Å². The van der Waals surface area contributed by atoms with Gasteiger partial charge in [-0.15, -0.1) is 0 Å². The van der Waals surface area contributed by atoms with E-state index in [4.69, 9.17) is 19.3 Å². The molecule has 0 aromatic heterocycles. The van der Waals surface area contributed by atoms with E-state index in [1.165, 1.54) is 6.07 Å². The van der Waals surface area contributed by atoms with E-state index < -0.39 is 5.97 Å². The highest BCUT2D eigenvalue weighted by molar-refractivity contribution is 5.88. The van der Waals surface area contributed by atoms with E-state index in [0.29, 0.717) is 24.9 Å². The topological polar surface area (TPSA) is 65.0 Å². The van der Waals surface area contributed by atoms with Crippen LogP contribution >= 0.6 is 0 Å². The summed E-state index contributed by atoms with van der Waals surface area (Å²) in [4.78, 5) is 11.0. The SMILES string of the molecule is COc1ccc(C(=O)O)cc1COCC1CCOCC1. The molecule has 5 heteroatoms. The molecule has 1 aromatic rings. The number of hydrogen-bond donors (Lipinski definition) is 1. The zero-order valence-electron chi connectivity index (χ0n) is 11.6. The number of carboxylic acids is 1. The smallest absolute Gasteiger partial charge is 0.335 e. The van der Waals surface area contributed by atoms with Gasteiger partial charge in [0.15, 0.2) is 0 Å². The maximum absolute atomic E-state index is 11.0. The van der Waals surface area contributed by atoms with Crippen LogP contribution in [0.5, 0.6) is 5.75 Å². The van der Waals surface area contributed by atoms with Crippen LogP contribution in [-0.4, -0.2) is 38.0 Å². The minimum Gasteiger partial charge on any atom is -0.496 e. The molecule has 0 atom stereocenters. The van der Waals surface area contributed by atoms with Crippen LogP contribution in [0.15, 0.2) is 18.2 Å². The number of hydrogen-bond acceptors (Lipinski definition) is 4. The summed E-state index contributed by atoms with van der Waals surface area (Å²) in [5, 5.41) is 9.01. The van der Waals surface area contributed by atoms with Crippen molar-refractivity contribution in [2.75, 3.05) is 26.9 Å². The fraction of sp³-hybridized carbons (Fsp3) is 0.533. The molecule has 20 heavy (non-hydrogen) atoms. The molecular formula is C15H20O5. The van der Waals surface area contributed by atoms with Crippen molar-refractivity contribution in [1.29, 1.82) is 0 Å². The summed E-state index contributed by atoms with van der Waals surface area (Å²) in [5.74, 6) is 0.234. The van der Waals surface area contributed by atoms with Gasteiger partial charge in [-0.25, -0.2) is 4.79 Å². The van der Waals surface area contributed by atoms with E-state index in [0.717, 1.165) is 31.6 Å². The second kappa shape index (κ2) is 7.26. The van der Waals surface area contributed by atoms with Crippen LogP contribution in [-0.2, 0) is 16.1 Å². The van der Waals surface area contributed by atoms with Crippen molar-refractivity contribution in [3.05, 3.63) is 29.3 Å². The lowest BCUT2D eigenvalue weighted by Crippen LogP contribution is -2.20. The second-order valence-corrected chi connectivity index (χ2v) is 4.90. The molecule has 1 aromatic carbocycles. The second-order valence-electron chi connectivity index (χ2n) is 4.90. The van der Waals surface area contributed by atoms with Crippen molar-refractivity contribution in [3.8, 4) is 5.75 Å². The van der Waals surface area contributed by atoms with Crippen molar-refractivity contribution < 1.29 is 24.1 Å². The zero-order chi connectivity index (χ0) is 14.4. The number of benzene rings is 1. The van der Waals surface area contributed by atoms with Crippen molar-refractivity contribution >= 4 is 5.97 Å². The maximum atomic E-state index is 11.0. The highest BCUT2D eigenvalue weighted by Crippen LogP contribution is 2.22. The molecule has 1 N–H and O–H groups in total. The highest BCUT2D eigenvalue weighted by atomic mass is 16.5. The first kappa shape index (κ1) is 14.8. The molecule has 0 bridgehead atoms. The number of ether oxygens (including phenoxy) is 3. The maximum Gasteiger partial charge on any atom is 0.335 e. The van der Waals surface area contributed by atoms with Crippen LogP contribution in [0.2, 0.25) is 0 Å². The Hall–Kier alpha value is -1.59. The summed E-state index contributed by atoms with van der Waals surface area (Å²) < 4.78 is 16.2. The average Bonchev–Trinajstić information content (AvgIpc) is 2.48. The van der Waals surface area contributed by atoms with Gasteiger partial charge in [0.1, 0.15) is 5.75 Å². The van der Waals surface area contributed by atoms with E-state index >= 15 is 0 Å². The van der Waals surface area contributed by atoms with Crippen molar-refractivity contribution in [3.63, 3.8) is 0 Å². The molecule has 0 spiro atoms. The molecule has 1 aliphatic heterocycles. The molecule has 5 nitrogen and oxygen atoms in total. The van der Waals surface area contributed by atoms with Crippen molar-refractivity contribution in [1.82, 2.24) is 0 Å². The number of methoxy groups -OCH3 is 1. The Morgan fingerprint density at radius 1 is 1.40 bits per heavy atom. The lowest BCUT2D eigenvalue weighted by atomic mass is 10.0. The Morgan fingerprint density at radius 2 is 2.15 bits per heavy atom. The first-order valence-electron chi connectivity index (χ1n) is 6.76. The quantitative estimate of drug-likeness (QED) is 0.866. The third-order valence-electron chi connectivity index (χ3n) is 3.48. The van der Waals surface area contributed by atoms with Gasteiger partial charge >= 0.3 is 5.97 Å². The summed E-state index contributed by atoms with van der Waals surface area (Å²) >= 11 is 0. The standard InChI is InChI=1S/C15H20O5/c1-18-14-3-2-12(15(16)17)8-13(14)10-20-9-11-4-6-19-7-5-11/h2-3,8,11H,4-7,9-10H2,1H3,(H,16,17). The number of aromatic carboxylic acids is 1. The minimum atomic E-state index is -0.946. The third kappa shape index (κ3) is 3.95. The molecule has 0 saturated carbocycles. The van der Waals surface area contributed by atoms with Gasteiger partial charge < -0.3 is 19.3 Å². The predicted octanol–water partition coefficient (Wildman–Crippen LogP) is 2.34. The first-order valence-corrected chi connectivity index (χ1v) is 6.76. The van der Waals surface area contributed by atoms with Gasteiger partial charge in [0.25, 0.3) is 0 Å². The first-order chi connectivity index (χ1) is 9.70. The highest BCUT2D eigenvalue weighted by Gasteiger charge is 2.15. The predicted molar refractivity (Wildman–Crippen MR) is 73.2 cm³/mol. The molecular weight excluding hydrogens is 260 g/mol. The Labute approximate surface area is 118 Å². The molecule has 1 fully saturated rings. The van der Waals surface area contributed by atoms with Crippen LogP contribution in [0, 0.1) is 5.92 Å². The molecule has 1 heterocycles. The zero-order valence-corrected chi connectivity index (χ0v) is 11.6. The molecule has 1 aliphatic rings. The molecule has 2 rings (SSSR count). The van der Waals surface area contributed by atoms with Crippen molar-refractivity contribution in [2.45, 2.75) is 19.4 Å². The average molecular weight is 280 g/mol. The Bertz CT molecular complexity index is 452. The molecule has 0 unspecified atom stereocenters. The molecule has 110 valence electrons. The normalized spacial score (nSPS) is 16.1. The van der Waals surface area contributed by atoms with E-state index in [-0.39, 0.29) is 5.56 Å². The molecule has 0 aliphatic carbocycles. The Kier molecular flexibility index (Phi) is 5.38. The van der Waals surface area contributed by atoms with Crippen molar-refractivity contribution in [2.24, 2.45) is 5.92 Å². The fourth-order valence-electron chi connectivity index (χ4n) is 2.27. The summed E-state index contributed by atoms with van der Waals surface area (Å²) in [6, 6.07) is 4.80. The van der Waals surface area contributed by atoms with Crippen LogP contribution in [0.4, 0.5) is 0 Å². The summed E-state index contributed by atoms with van der Waals surface area (Å²) in [6.07, 6.45) is 2.04. The van der Waals surface area contributed by atoms with Gasteiger partial charge in [0, 0.05) is 18.8 Å².